The number of pyridine rings is 1. The molecule has 0 amide bonds. The van der Waals surface area contributed by atoms with Gasteiger partial charge in [0.1, 0.15) is 17.4 Å². The monoisotopic (exact) mass is 965 g/mol. The second-order valence-electron chi connectivity index (χ2n) is 20.1. The molecule has 0 saturated heterocycles. The average molecular weight is 966 g/mol. The number of phenolic OH excluding ortho intramolecular Hbond substituents is 1. The molecule has 0 spiro atoms. The maximum Gasteiger partial charge on any atom is 0.148 e. The zero-order valence-electron chi connectivity index (χ0n) is 36.8. The van der Waals surface area contributed by atoms with Crippen LogP contribution in [-0.2, 0) is 42.7 Å². The third kappa shape index (κ3) is 9.02. The molecule has 0 aliphatic rings. The van der Waals surface area contributed by atoms with Crippen molar-refractivity contribution in [1.29, 1.82) is 0 Å². The summed E-state index contributed by atoms with van der Waals surface area (Å²) in [5, 5.41) is 11.4. The molecule has 7 rings (SSSR count). The Morgan fingerprint density at radius 1 is 0.593 bits per heavy atom. The molecule has 5 aromatic carbocycles. The molecular formula is C53H57FN3OPt-. The molecule has 2 heterocycles. The zero-order valence-corrected chi connectivity index (χ0v) is 39.1. The van der Waals surface area contributed by atoms with Crippen LogP contribution in [-0.4, -0.2) is 19.6 Å². The fraction of sp³-hybridized carbons (Fsp3) is 0.321. The maximum atomic E-state index is 14.6. The van der Waals surface area contributed by atoms with E-state index < -0.39 is 5.82 Å². The SMILES string of the molecule is Cc1ccnc(-c2[c-]c(-c3cc(-c4cc(C(C)(C)C)cc(C(C)(C)C)c4)cc4c3nc(-c3ccc(F)cc3O)n4-c3cc(C(C)(C)C)cc(C(C)(C)C)c3)ccc2)c1.[Pt]. The number of aryl methyl sites for hydroxylation is 1. The summed E-state index contributed by atoms with van der Waals surface area (Å²) < 4.78 is 16.8. The van der Waals surface area contributed by atoms with Crippen molar-refractivity contribution in [3.8, 4) is 56.3 Å². The normalized spacial score (nSPS) is 12.5. The van der Waals surface area contributed by atoms with Gasteiger partial charge in [-0.25, -0.2) is 9.37 Å². The molecule has 0 aliphatic carbocycles. The molecule has 4 nitrogen and oxygen atoms in total. The van der Waals surface area contributed by atoms with Crippen LogP contribution in [0.15, 0.2) is 103 Å². The Morgan fingerprint density at radius 2 is 1.14 bits per heavy atom. The Hall–Kier alpha value is -4.86. The number of hydrogen-bond acceptors (Lipinski definition) is 3. The first-order chi connectivity index (χ1) is 27.0. The van der Waals surface area contributed by atoms with Crippen LogP contribution in [0.25, 0.3) is 61.6 Å². The van der Waals surface area contributed by atoms with E-state index in [2.05, 4.69) is 161 Å². The van der Waals surface area contributed by atoms with Crippen LogP contribution in [0.2, 0.25) is 0 Å². The number of nitrogens with zero attached hydrogens (tertiary/aromatic N) is 3. The fourth-order valence-electron chi connectivity index (χ4n) is 7.41. The molecule has 1 N–H and O–H groups in total. The van der Waals surface area contributed by atoms with Gasteiger partial charge in [0.05, 0.1) is 16.6 Å². The van der Waals surface area contributed by atoms with Crippen molar-refractivity contribution >= 4 is 11.0 Å². The van der Waals surface area contributed by atoms with Crippen molar-refractivity contribution in [1.82, 2.24) is 14.5 Å². The number of aromatic nitrogens is 3. The molecule has 6 heteroatoms. The number of imidazole rings is 1. The number of benzene rings is 5. The van der Waals surface area contributed by atoms with E-state index in [1.807, 2.05) is 24.4 Å². The van der Waals surface area contributed by atoms with Gasteiger partial charge in [-0.1, -0.05) is 136 Å². The number of rotatable bonds is 5. The van der Waals surface area contributed by atoms with Gasteiger partial charge in [-0.2, -0.15) is 0 Å². The summed E-state index contributed by atoms with van der Waals surface area (Å²) in [5.41, 5.74) is 14.1. The molecule has 0 fully saturated rings. The van der Waals surface area contributed by atoms with Crippen LogP contribution < -0.4 is 0 Å². The Labute approximate surface area is 365 Å². The van der Waals surface area contributed by atoms with Gasteiger partial charge in [-0.05, 0) is 98.4 Å². The van der Waals surface area contributed by atoms with E-state index in [0.29, 0.717) is 11.4 Å². The van der Waals surface area contributed by atoms with Crippen molar-refractivity contribution in [2.24, 2.45) is 0 Å². The molecule has 0 aliphatic heterocycles. The van der Waals surface area contributed by atoms with E-state index in [9.17, 15) is 9.50 Å². The largest absolute Gasteiger partial charge is 0.507 e. The summed E-state index contributed by atoms with van der Waals surface area (Å²) in [7, 11) is 0. The Morgan fingerprint density at radius 3 is 1.68 bits per heavy atom. The van der Waals surface area contributed by atoms with Crippen LogP contribution in [0.5, 0.6) is 5.75 Å². The van der Waals surface area contributed by atoms with Gasteiger partial charge in [0.2, 0.25) is 0 Å². The van der Waals surface area contributed by atoms with Crippen molar-refractivity contribution in [3.63, 3.8) is 0 Å². The van der Waals surface area contributed by atoms with Crippen LogP contribution in [0.4, 0.5) is 4.39 Å². The van der Waals surface area contributed by atoms with Crippen molar-refractivity contribution in [2.45, 2.75) is 112 Å². The fourth-order valence-corrected chi connectivity index (χ4v) is 7.41. The van der Waals surface area contributed by atoms with Gasteiger partial charge >= 0.3 is 0 Å². The molecule has 7 aromatic rings. The maximum absolute atomic E-state index is 14.6. The summed E-state index contributed by atoms with van der Waals surface area (Å²) in [6.07, 6.45) is 1.83. The third-order valence-electron chi connectivity index (χ3n) is 11.1. The summed E-state index contributed by atoms with van der Waals surface area (Å²) >= 11 is 0. The quantitative estimate of drug-likeness (QED) is 0.175. The third-order valence-corrected chi connectivity index (χ3v) is 11.1. The molecule has 0 atom stereocenters. The molecule has 0 saturated carbocycles. The number of phenols is 1. The van der Waals surface area contributed by atoms with Gasteiger partial charge in [0.15, 0.2) is 0 Å². The summed E-state index contributed by atoms with van der Waals surface area (Å²) in [4.78, 5) is 10.1. The number of fused-ring (bicyclic) bond motifs is 1. The second kappa shape index (κ2) is 15.6. The van der Waals surface area contributed by atoms with Crippen molar-refractivity contribution in [3.05, 3.63) is 143 Å². The van der Waals surface area contributed by atoms with Gasteiger partial charge in [0, 0.05) is 44.7 Å². The second-order valence-corrected chi connectivity index (χ2v) is 20.1. The molecule has 59 heavy (non-hydrogen) atoms. The smallest absolute Gasteiger partial charge is 0.148 e. The minimum atomic E-state index is -0.513. The van der Waals surface area contributed by atoms with Crippen LogP contribution in [0.3, 0.4) is 0 Å². The Balaban J connectivity index is 0.00000585. The Kier molecular flexibility index (Phi) is 11.6. The number of hydrogen-bond donors (Lipinski definition) is 1. The Bertz CT molecular complexity index is 2630. The predicted octanol–water partition coefficient (Wildman–Crippen LogP) is 14.2. The average Bonchev–Trinajstić information content (AvgIpc) is 3.52. The van der Waals surface area contributed by atoms with Gasteiger partial charge < -0.3 is 5.11 Å². The van der Waals surface area contributed by atoms with E-state index in [-0.39, 0.29) is 48.5 Å². The minimum absolute atomic E-state index is 0. The van der Waals surface area contributed by atoms with Crippen LogP contribution in [0, 0.1) is 18.8 Å². The summed E-state index contributed by atoms with van der Waals surface area (Å²) in [6.45, 7) is 29.0. The minimum Gasteiger partial charge on any atom is -0.507 e. The standard InChI is InChI=1S/C53H57FN3O.Pt/c1-32-19-20-55-45(21-32)34-16-14-15-33(22-34)44-25-36(35-23-37(50(2,3)4)27-38(24-35)51(5,6)7)26-46-48(44)56-49(43-18-17-41(54)31-47(43)58)57(46)42-29-39(52(8,9)10)28-40(30-42)53(11,12)13;/h14-21,23-31,58H,1-13H3;/q-1;. The summed E-state index contributed by atoms with van der Waals surface area (Å²) in [5.74, 6) is -0.165. The van der Waals surface area contributed by atoms with E-state index in [1.165, 1.54) is 28.3 Å². The molecule has 0 bridgehead atoms. The van der Waals surface area contributed by atoms with Gasteiger partial charge in [-0.15, -0.1) is 29.8 Å². The molecule has 2 aromatic heterocycles. The number of halogens is 1. The van der Waals surface area contributed by atoms with E-state index in [4.69, 9.17) is 9.97 Å². The number of aromatic hydroxyl groups is 1. The first kappa shape index (κ1) is 43.7. The van der Waals surface area contributed by atoms with Gasteiger partial charge in [-0.3, -0.25) is 9.55 Å². The van der Waals surface area contributed by atoms with E-state index in [0.717, 1.165) is 61.9 Å². The van der Waals surface area contributed by atoms with E-state index in [1.54, 1.807) is 6.07 Å². The van der Waals surface area contributed by atoms with Gasteiger partial charge in [0.25, 0.3) is 0 Å². The molecule has 0 unspecified atom stereocenters. The predicted molar refractivity (Wildman–Crippen MR) is 241 cm³/mol. The van der Waals surface area contributed by atoms with Crippen molar-refractivity contribution < 1.29 is 30.6 Å². The molecule has 0 radical (unpaired) electrons. The molecule has 308 valence electrons. The summed E-state index contributed by atoms with van der Waals surface area (Å²) in [6, 6.07) is 36.4. The van der Waals surface area contributed by atoms with E-state index >= 15 is 0 Å². The first-order valence-electron chi connectivity index (χ1n) is 20.3. The topological polar surface area (TPSA) is 50.9 Å². The zero-order chi connectivity index (χ0) is 42.1. The molecular weight excluding hydrogens is 909 g/mol. The van der Waals surface area contributed by atoms with Crippen LogP contribution >= 0.6 is 0 Å². The first-order valence-corrected chi connectivity index (χ1v) is 20.3. The van der Waals surface area contributed by atoms with Crippen molar-refractivity contribution in [2.75, 3.05) is 0 Å². The van der Waals surface area contributed by atoms with Crippen LogP contribution in [0.1, 0.15) is 111 Å².